The highest BCUT2D eigenvalue weighted by Gasteiger charge is 2.25. The minimum absolute atomic E-state index is 0.0132. The third-order valence-corrected chi connectivity index (χ3v) is 3.67. The van der Waals surface area contributed by atoms with Crippen LogP contribution in [0.15, 0.2) is 6.33 Å². The number of aromatic nitrogens is 2. The molecule has 1 rings (SSSR count). The largest absolute Gasteiger partial charge is 0.325 e. The number of hydrogen-bond donors (Lipinski definition) is 0. The molecule has 2 amide bonds. The fourth-order valence-electron chi connectivity index (χ4n) is 2.03. The lowest BCUT2D eigenvalue weighted by Crippen LogP contribution is -2.41. The zero-order chi connectivity index (χ0) is 17.7. The van der Waals surface area contributed by atoms with Gasteiger partial charge in [0.1, 0.15) is 5.69 Å². The van der Waals surface area contributed by atoms with Gasteiger partial charge in [-0.3, -0.25) is 19.3 Å². The molecule has 0 unspecified atom stereocenters. The van der Waals surface area contributed by atoms with Gasteiger partial charge in [-0.15, -0.1) is 0 Å². The topological polar surface area (TPSA) is 92.6 Å². The number of carbonyl (C=O) groups is 4. The summed E-state index contributed by atoms with van der Waals surface area (Å²) in [5.74, 6) is -0.0498. The van der Waals surface area contributed by atoms with Gasteiger partial charge in [-0.25, -0.2) is 9.78 Å². The maximum atomic E-state index is 12.3. The number of likely N-dealkylation sites (N-methyl/N-ethyl adjacent to an activating group) is 1. The second-order valence-electron chi connectivity index (χ2n) is 5.36. The molecule has 0 bridgehead atoms. The molecule has 0 aliphatic heterocycles. The Bertz CT molecular complexity index is 623. The molecule has 1 aromatic rings. The Hall–Kier alpha value is -2.51. The molecule has 126 valence electrons. The lowest BCUT2D eigenvalue weighted by molar-refractivity contribution is -0.120. The fraction of sp³-hybridized carbons (Fsp3) is 0.533. The first-order valence-electron chi connectivity index (χ1n) is 7.27. The van der Waals surface area contributed by atoms with E-state index in [1.807, 2.05) is 0 Å². The molecule has 0 fully saturated rings. The number of imidazole rings is 1. The number of anilines is 1. The van der Waals surface area contributed by atoms with Crippen LogP contribution in [0, 0.1) is 0 Å². The zero-order valence-electron chi connectivity index (χ0n) is 14.1. The number of hydrogen-bond acceptors (Lipinski definition) is 5. The number of ketones is 2. The molecule has 0 aromatic carbocycles. The molecular formula is C15H22N4O4. The first-order valence-corrected chi connectivity index (χ1v) is 7.27. The summed E-state index contributed by atoms with van der Waals surface area (Å²) in [5.41, 5.74) is 0.138. The maximum Gasteiger partial charge on any atom is 0.325 e. The van der Waals surface area contributed by atoms with E-state index >= 15 is 0 Å². The summed E-state index contributed by atoms with van der Waals surface area (Å²) in [7, 11) is 2.97. The van der Waals surface area contributed by atoms with Crippen molar-refractivity contribution in [1.29, 1.82) is 0 Å². The van der Waals surface area contributed by atoms with Crippen molar-refractivity contribution in [2.75, 3.05) is 25.5 Å². The first-order chi connectivity index (χ1) is 10.7. The van der Waals surface area contributed by atoms with E-state index in [0.29, 0.717) is 12.7 Å². The van der Waals surface area contributed by atoms with Crippen LogP contribution in [0.25, 0.3) is 0 Å². The molecule has 0 aliphatic rings. The molecular weight excluding hydrogens is 300 g/mol. The summed E-state index contributed by atoms with van der Waals surface area (Å²) in [6.07, 6.45) is 2.25. The molecule has 1 heterocycles. The second kappa shape index (κ2) is 7.66. The number of rotatable bonds is 7. The van der Waals surface area contributed by atoms with Crippen molar-refractivity contribution in [3.63, 3.8) is 0 Å². The number of nitrogens with zero attached hydrogens (tertiary/aromatic N) is 4. The lowest BCUT2D eigenvalue weighted by Gasteiger charge is -2.23. The number of urea groups is 1. The zero-order valence-corrected chi connectivity index (χ0v) is 14.1. The van der Waals surface area contributed by atoms with Gasteiger partial charge in [0.2, 0.25) is 0 Å². The van der Waals surface area contributed by atoms with Gasteiger partial charge in [0.25, 0.3) is 0 Å². The van der Waals surface area contributed by atoms with E-state index in [1.54, 1.807) is 13.8 Å². The Morgan fingerprint density at radius 1 is 1.35 bits per heavy atom. The van der Waals surface area contributed by atoms with Crippen LogP contribution in [0.1, 0.15) is 43.7 Å². The van der Waals surface area contributed by atoms with Crippen molar-refractivity contribution in [1.82, 2.24) is 14.5 Å². The van der Waals surface area contributed by atoms with E-state index in [9.17, 15) is 19.2 Å². The Labute approximate surface area is 135 Å². The molecule has 0 aliphatic carbocycles. The predicted octanol–water partition coefficient (Wildman–Crippen LogP) is 1.31. The Balaban J connectivity index is 3.06. The highest BCUT2D eigenvalue weighted by molar-refractivity contribution is 5.97. The molecule has 0 spiro atoms. The summed E-state index contributed by atoms with van der Waals surface area (Å²) in [6, 6.07) is -1.02. The van der Waals surface area contributed by atoms with E-state index in [2.05, 4.69) is 4.98 Å². The number of amides is 2. The van der Waals surface area contributed by atoms with Gasteiger partial charge in [-0.2, -0.15) is 0 Å². The molecule has 0 N–H and O–H groups in total. The average molecular weight is 322 g/mol. The molecule has 1 aromatic heterocycles. The van der Waals surface area contributed by atoms with Crippen LogP contribution in [0.4, 0.5) is 10.6 Å². The van der Waals surface area contributed by atoms with Crippen molar-refractivity contribution in [3.05, 3.63) is 12.0 Å². The van der Waals surface area contributed by atoms with Gasteiger partial charge >= 0.3 is 6.03 Å². The van der Waals surface area contributed by atoms with E-state index in [4.69, 9.17) is 0 Å². The highest BCUT2D eigenvalue weighted by Crippen LogP contribution is 2.21. The van der Waals surface area contributed by atoms with Gasteiger partial charge in [0.15, 0.2) is 23.7 Å². The van der Waals surface area contributed by atoms with Gasteiger partial charge in [-0.1, -0.05) is 6.92 Å². The van der Waals surface area contributed by atoms with Crippen LogP contribution in [0.2, 0.25) is 0 Å². The quantitative estimate of drug-likeness (QED) is 0.706. The molecule has 8 nitrogen and oxygen atoms in total. The fourth-order valence-corrected chi connectivity index (χ4v) is 2.03. The molecule has 0 radical (unpaired) electrons. The number of carbonyl (C=O) groups excluding carboxylic acids is 4. The minimum atomic E-state index is -0.556. The van der Waals surface area contributed by atoms with Crippen molar-refractivity contribution < 1.29 is 19.2 Å². The van der Waals surface area contributed by atoms with Gasteiger partial charge in [0, 0.05) is 20.5 Å². The van der Waals surface area contributed by atoms with Crippen molar-refractivity contribution >= 4 is 29.7 Å². The summed E-state index contributed by atoms with van der Waals surface area (Å²) in [4.78, 5) is 53.2. The number of aldehydes is 1. The highest BCUT2D eigenvalue weighted by atomic mass is 16.2. The third-order valence-electron chi connectivity index (χ3n) is 3.67. The van der Waals surface area contributed by atoms with E-state index < -0.39 is 12.1 Å². The van der Waals surface area contributed by atoms with Crippen LogP contribution in [-0.4, -0.2) is 59.0 Å². The minimum Gasteiger partial charge on any atom is -0.320 e. The molecule has 8 heteroatoms. The molecule has 23 heavy (non-hydrogen) atoms. The predicted molar refractivity (Wildman–Crippen MR) is 84.7 cm³/mol. The summed E-state index contributed by atoms with van der Waals surface area (Å²) < 4.78 is 1.42. The smallest absolute Gasteiger partial charge is 0.320 e. The Kier molecular flexibility index (Phi) is 6.18. The standard InChI is InChI=1S/C15H22N4O4/c1-6-12(22)7-17(4)15(23)18(5)14-13(8-20)19(9-16-14)10(2)11(3)21/h8-10H,6-7H2,1-5H3/t10-/m0/s1. The van der Waals surface area contributed by atoms with Crippen molar-refractivity contribution in [3.8, 4) is 0 Å². The molecule has 0 saturated heterocycles. The van der Waals surface area contributed by atoms with Crippen LogP contribution < -0.4 is 4.90 Å². The SMILES string of the molecule is CCC(=O)CN(C)C(=O)N(C)c1ncn([C@@H](C)C(C)=O)c1C=O. The number of Topliss-reactive ketones (excluding diaryl/α,β-unsaturated/α-hetero) is 2. The lowest BCUT2D eigenvalue weighted by atomic mass is 10.2. The van der Waals surface area contributed by atoms with E-state index in [1.165, 1.54) is 41.7 Å². The van der Waals surface area contributed by atoms with Crippen molar-refractivity contribution in [2.24, 2.45) is 0 Å². The summed E-state index contributed by atoms with van der Waals surface area (Å²) in [5, 5.41) is 0. The van der Waals surface area contributed by atoms with Crippen LogP contribution in [-0.2, 0) is 9.59 Å². The average Bonchev–Trinajstić information content (AvgIpc) is 2.95. The van der Waals surface area contributed by atoms with Gasteiger partial charge < -0.3 is 9.47 Å². The monoisotopic (exact) mass is 322 g/mol. The third kappa shape index (κ3) is 4.02. The Morgan fingerprint density at radius 3 is 2.43 bits per heavy atom. The summed E-state index contributed by atoms with van der Waals surface area (Å²) >= 11 is 0. The first kappa shape index (κ1) is 18.5. The van der Waals surface area contributed by atoms with E-state index in [0.717, 1.165) is 0 Å². The summed E-state index contributed by atoms with van der Waals surface area (Å²) in [6.45, 7) is 4.77. The van der Waals surface area contributed by atoms with Crippen LogP contribution in [0.5, 0.6) is 0 Å². The maximum absolute atomic E-state index is 12.3. The van der Waals surface area contributed by atoms with Gasteiger partial charge in [-0.05, 0) is 13.8 Å². The normalized spacial score (nSPS) is 11.7. The molecule has 1 atom stereocenters. The second-order valence-corrected chi connectivity index (χ2v) is 5.36. The van der Waals surface area contributed by atoms with E-state index in [-0.39, 0.29) is 29.6 Å². The van der Waals surface area contributed by atoms with Crippen molar-refractivity contribution in [2.45, 2.75) is 33.2 Å². The van der Waals surface area contributed by atoms with Crippen LogP contribution >= 0.6 is 0 Å². The Morgan fingerprint density at radius 2 is 1.96 bits per heavy atom. The van der Waals surface area contributed by atoms with Gasteiger partial charge in [0.05, 0.1) is 18.9 Å². The molecule has 0 saturated carbocycles. The van der Waals surface area contributed by atoms with Crippen LogP contribution in [0.3, 0.4) is 0 Å².